The van der Waals surface area contributed by atoms with Crippen molar-refractivity contribution >= 4 is 0 Å². The SMILES string of the molecule is COc1ccc2c(c1O)-c1c(OCO)c(OCO)cc3c1C(C2)N(C)CC3. The minimum atomic E-state index is -0.547. The Morgan fingerprint density at radius 3 is 2.56 bits per heavy atom. The van der Waals surface area contributed by atoms with Gasteiger partial charge in [-0.2, -0.15) is 0 Å². The number of aliphatic hydroxyl groups excluding tert-OH is 2. The highest BCUT2D eigenvalue weighted by Gasteiger charge is 2.38. The van der Waals surface area contributed by atoms with E-state index in [-0.39, 0.29) is 11.8 Å². The van der Waals surface area contributed by atoms with E-state index in [1.54, 1.807) is 6.07 Å². The van der Waals surface area contributed by atoms with Gasteiger partial charge >= 0.3 is 0 Å². The number of likely N-dealkylation sites (N-methyl/N-ethyl adjacent to an activating group) is 1. The molecule has 2 aromatic carbocycles. The summed E-state index contributed by atoms with van der Waals surface area (Å²) in [4.78, 5) is 2.28. The number of hydrogen-bond donors (Lipinski definition) is 3. The van der Waals surface area contributed by atoms with Crippen LogP contribution in [0.5, 0.6) is 23.0 Å². The van der Waals surface area contributed by atoms with Gasteiger partial charge in [0.05, 0.1) is 7.11 Å². The van der Waals surface area contributed by atoms with Crippen molar-refractivity contribution in [3.8, 4) is 34.1 Å². The zero-order valence-electron chi connectivity index (χ0n) is 15.4. The first-order valence-corrected chi connectivity index (χ1v) is 8.87. The van der Waals surface area contributed by atoms with Crippen molar-refractivity contribution in [1.82, 2.24) is 4.90 Å². The number of phenols is 1. The van der Waals surface area contributed by atoms with Crippen LogP contribution >= 0.6 is 0 Å². The summed E-state index contributed by atoms with van der Waals surface area (Å²) in [5.74, 6) is 1.06. The summed E-state index contributed by atoms with van der Waals surface area (Å²) in [6, 6.07) is 5.70. The van der Waals surface area contributed by atoms with Crippen LogP contribution in [0.25, 0.3) is 11.1 Å². The second-order valence-corrected chi connectivity index (χ2v) is 6.80. The maximum atomic E-state index is 10.9. The molecule has 0 amide bonds. The Hall–Kier alpha value is -2.48. The fraction of sp³-hybridized carbons (Fsp3) is 0.400. The van der Waals surface area contributed by atoms with Crippen LogP contribution in [-0.2, 0) is 12.8 Å². The van der Waals surface area contributed by atoms with E-state index >= 15 is 0 Å². The lowest BCUT2D eigenvalue weighted by Crippen LogP contribution is -2.35. The molecule has 1 unspecified atom stereocenters. The van der Waals surface area contributed by atoms with E-state index in [0.29, 0.717) is 28.4 Å². The van der Waals surface area contributed by atoms with Crippen LogP contribution in [0.4, 0.5) is 0 Å². The monoisotopic (exact) mass is 373 g/mol. The van der Waals surface area contributed by atoms with Gasteiger partial charge in [-0.05, 0) is 48.7 Å². The zero-order valence-corrected chi connectivity index (χ0v) is 15.4. The lowest BCUT2D eigenvalue weighted by atomic mass is 9.76. The number of phenolic OH excluding ortho intramolecular Hbond substituents is 1. The molecule has 0 bridgehead atoms. The number of ether oxygens (including phenoxy) is 3. The minimum Gasteiger partial charge on any atom is -0.504 e. The Morgan fingerprint density at radius 2 is 1.85 bits per heavy atom. The molecule has 1 aliphatic heterocycles. The Kier molecular flexibility index (Phi) is 4.59. The van der Waals surface area contributed by atoms with E-state index in [9.17, 15) is 15.3 Å². The van der Waals surface area contributed by atoms with Crippen LogP contribution in [0.1, 0.15) is 22.7 Å². The third kappa shape index (κ3) is 2.70. The van der Waals surface area contributed by atoms with Gasteiger partial charge in [0.1, 0.15) is 0 Å². The highest BCUT2D eigenvalue weighted by atomic mass is 16.6. The lowest BCUT2D eigenvalue weighted by Gasteiger charge is -2.40. The predicted molar refractivity (Wildman–Crippen MR) is 98.3 cm³/mol. The molecular formula is C20H23NO6. The maximum absolute atomic E-state index is 10.9. The summed E-state index contributed by atoms with van der Waals surface area (Å²) in [5.41, 5.74) is 4.45. The highest BCUT2D eigenvalue weighted by Crippen LogP contribution is 2.56. The molecule has 3 N–H and O–H groups in total. The number of aliphatic hydroxyl groups is 2. The first-order chi connectivity index (χ1) is 13.1. The van der Waals surface area contributed by atoms with E-state index in [0.717, 1.165) is 36.1 Å². The molecule has 0 saturated heterocycles. The Labute approximate surface area is 157 Å². The molecule has 1 atom stereocenters. The maximum Gasteiger partial charge on any atom is 0.186 e. The second-order valence-electron chi connectivity index (χ2n) is 6.80. The fourth-order valence-electron chi connectivity index (χ4n) is 4.29. The largest absolute Gasteiger partial charge is 0.504 e. The number of methoxy groups -OCH3 is 1. The molecule has 144 valence electrons. The van der Waals surface area contributed by atoms with Crippen molar-refractivity contribution in [2.45, 2.75) is 18.9 Å². The standard InChI is InChI=1S/C20H23NO6/c1-21-6-5-12-8-15(26-9-22)20(27-10-23)18-16(12)13(21)7-11-3-4-14(25-2)19(24)17(11)18/h3-4,8,13,22-24H,5-7,9-10H2,1-2H3. The molecule has 27 heavy (non-hydrogen) atoms. The van der Waals surface area contributed by atoms with Gasteiger partial charge in [-0.25, -0.2) is 0 Å². The summed E-state index contributed by atoms with van der Waals surface area (Å²) in [5, 5.41) is 29.6. The van der Waals surface area contributed by atoms with Crippen molar-refractivity contribution in [2.75, 3.05) is 34.3 Å². The minimum absolute atomic E-state index is 0.0350. The van der Waals surface area contributed by atoms with E-state index in [1.165, 1.54) is 7.11 Å². The van der Waals surface area contributed by atoms with E-state index in [2.05, 4.69) is 11.9 Å². The molecule has 2 aliphatic rings. The number of aromatic hydroxyl groups is 1. The molecule has 2 aromatic rings. The molecule has 0 radical (unpaired) electrons. The highest BCUT2D eigenvalue weighted by molar-refractivity contribution is 5.88. The van der Waals surface area contributed by atoms with Gasteiger partial charge in [0.25, 0.3) is 0 Å². The van der Waals surface area contributed by atoms with Crippen molar-refractivity contribution < 1.29 is 29.5 Å². The molecule has 0 aromatic heterocycles. The second kappa shape index (κ2) is 6.92. The van der Waals surface area contributed by atoms with Gasteiger partial charge in [0, 0.05) is 23.7 Å². The predicted octanol–water partition coefficient (Wildman–Crippen LogP) is 1.81. The molecule has 0 saturated carbocycles. The van der Waals surface area contributed by atoms with Gasteiger partial charge < -0.3 is 29.5 Å². The Bertz CT molecular complexity index is 882. The molecule has 0 fully saturated rings. The molecule has 7 nitrogen and oxygen atoms in total. The summed E-state index contributed by atoms with van der Waals surface area (Å²) < 4.78 is 16.2. The average Bonchev–Trinajstić information content (AvgIpc) is 2.67. The Morgan fingerprint density at radius 1 is 1.07 bits per heavy atom. The molecule has 0 spiro atoms. The van der Waals surface area contributed by atoms with Crippen LogP contribution in [-0.4, -0.2) is 54.5 Å². The first kappa shape index (κ1) is 17.9. The van der Waals surface area contributed by atoms with Gasteiger partial charge in [-0.15, -0.1) is 0 Å². The average molecular weight is 373 g/mol. The van der Waals surface area contributed by atoms with Gasteiger partial charge in [-0.1, -0.05) is 6.07 Å². The zero-order chi connectivity index (χ0) is 19.1. The first-order valence-electron chi connectivity index (χ1n) is 8.87. The third-order valence-electron chi connectivity index (χ3n) is 5.51. The van der Waals surface area contributed by atoms with Crippen LogP contribution in [0.2, 0.25) is 0 Å². The van der Waals surface area contributed by atoms with Crippen molar-refractivity contribution in [1.29, 1.82) is 0 Å². The summed E-state index contributed by atoms with van der Waals surface area (Å²) in [6.45, 7) is -0.165. The van der Waals surface area contributed by atoms with Crippen LogP contribution in [0.3, 0.4) is 0 Å². The molecule has 4 rings (SSSR count). The molecule has 7 heteroatoms. The van der Waals surface area contributed by atoms with Gasteiger partial charge in [-0.3, -0.25) is 4.90 Å². The fourth-order valence-corrected chi connectivity index (χ4v) is 4.29. The lowest BCUT2D eigenvalue weighted by molar-refractivity contribution is 0.0742. The quantitative estimate of drug-likeness (QED) is 0.689. The molecule has 1 aliphatic carbocycles. The van der Waals surface area contributed by atoms with Crippen molar-refractivity contribution in [3.63, 3.8) is 0 Å². The van der Waals surface area contributed by atoms with E-state index in [1.807, 2.05) is 12.1 Å². The molecule has 1 heterocycles. The number of fused-ring (bicyclic) bond motifs is 2. The number of rotatable bonds is 5. The van der Waals surface area contributed by atoms with Crippen molar-refractivity contribution in [3.05, 3.63) is 34.9 Å². The van der Waals surface area contributed by atoms with Crippen LogP contribution < -0.4 is 14.2 Å². The van der Waals surface area contributed by atoms with E-state index in [4.69, 9.17) is 14.2 Å². The summed E-state index contributed by atoms with van der Waals surface area (Å²) in [6.07, 6.45) is 1.57. The van der Waals surface area contributed by atoms with Gasteiger partial charge in [0.15, 0.2) is 36.6 Å². The van der Waals surface area contributed by atoms with Crippen LogP contribution in [0, 0.1) is 0 Å². The van der Waals surface area contributed by atoms with Gasteiger partial charge in [0.2, 0.25) is 0 Å². The molecular weight excluding hydrogens is 350 g/mol. The van der Waals surface area contributed by atoms with Crippen LogP contribution in [0.15, 0.2) is 18.2 Å². The smallest absolute Gasteiger partial charge is 0.186 e. The number of nitrogens with zero attached hydrogens (tertiary/aromatic N) is 1. The normalized spacial score (nSPS) is 17.9. The third-order valence-corrected chi connectivity index (χ3v) is 5.51. The number of benzene rings is 2. The van der Waals surface area contributed by atoms with E-state index < -0.39 is 13.6 Å². The summed E-state index contributed by atoms with van der Waals surface area (Å²) in [7, 11) is 3.59. The summed E-state index contributed by atoms with van der Waals surface area (Å²) >= 11 is 0. The Balaban J connectivity index is 2.08. The number of hydrogen-bond acceptors (Lipinski definition) is 7. The van der Waals surface area contributed by atoms with Crippen molar-refractivity contribution in [2.24, 2.45) is 0 Å². The topological polar surface area (TPSA) is 91.6 Å².